The van der Waals surface area contributed by atoms with E-state index in [9.17, 15) is 4.79 Å². The van der Waals surface area contributed by atoms with Crippen molar-refractivity contribution in [1.82, 2.24) is 10.6 Å². The highest BCUT2D eigenvalue weighted by Crippen LogP contribution is 2.58. The SMILES string of the molecule is CC(C)COc1ccc(C(C)(C)CNC(=O)C2CC23CCNCC3)cc1.Cl. The van der Waals surface area contributed by atoms with Crippen LogP contribution < -0.4 is 15.4 Å². The molecule has 5 heteroatoms. The van der Waals surface area contributed by atoms with Crippen LogP contribution in [-0.2, 0) is 10.2 Å². The molecule has 3 rings (SSSR count). The summed E-state index contributed by atoms with van der Waals surface area (Å²) >= 11 is 0. The third-order valence-corrected chi connectivity index (χ3v) is 6.03. The summed E-state index contributed by atoms with van der Waals surface area (Å²) in [4.78, 5) is 12.6. The van der Waals surface area contributed by atoms with Crippen LogP contribution in [0.5, 0.6) is 5.75 Å². The number of piperidine rings is 1. The molecule has 0 aromatic heterocycles. The van der Waals surface area contributed by atoms with Gasteiger partial charge in [0.05, 0.1) is 6.61 Å². The van der Waals surface area contributed by atoms with Crippen LogP contribution in [0.15, 0.2) is 24.3 Å². The molecular weight excluding hydrogens is 360 g/mol. The van der Waals surface area contributed by atoms with Crippen molar-refractivity contribution < 1.29 is 9.53 Å². The third kappa shape index (κ3) is 5.39. The first-order valence-corrected chi connectivity index (χ1v) is 10.0. The topological polar surface area (TPSA) is 50.4 Å². The zero-order chi connectivity index (χ0) is 18.8. The molecule has 0 radical (unpaired) electrons. The molecule has 1 aromatic carbocycles. The Morgan fingerprint density at radius 2 is 1.89 bits per heavy atom. The summed E-state index contributed by atoms with van der Waals surface area (Å²) in [5.41, 5.74) is 1.43. The molecule has 0 bridgehead atoms. The molecule has 1 atom stereocenters. The number of nitrogens with one attached hydrogen (secondary N) is 2. The van der Waals surface area contributed by atoms with Gasteiger partial charge in [0.15, 0.2) is 0 Å². The fourth-order valence-corrected chi connectivity index (χ4v) is 3.99. The molecule has 1 spiro atoms. The fraction of sp³-hybridized carbons (Fsp3) is 0.682. The van der Waals surface area contributed by atoms with Crippen LogP contribution in [0.4, 0.5) is 0 Å². The average molecular weight is 395 g/mol. The van der Waals surface area contributed by atoms with Crippen LogP contribution in [0.2, 0.25) is 0 Å². The molecule has 2 aliphatic rings. The zero-order valence-electron chi connectivity index (χ0n) is 17.1. The maximum atomic E-state index is 12.6. The highest BCUT2D eigenvalue weighted by atomic mass is 35.5. The van der Waals surface area contributed by atoms with Gasteiger partial charge >= 0.3 is 0 Å². The maximum absolute atomic E-state index is 12.6. The minimum Gasteiger partial charge on any atom is -0.493 e. The first-order chi connectivity index (χ1) is 12.3. The average Bonchev–Trinajstić information content (AvgIpc) is 3.32. The zero-order valence-corrected chi connectivity index (χ0v) is 18.0. The van der Waals surface area contributed by atoms with Gasteiger partial charge < -0.3 is 15.4 Å². The van der Waals surface area contributed by atoms with Gasteiger partial charge in [-0.1, -0.05) is 39.8 Å². The molecular formula is C22H35ClN2O2. The lowest BCUT2D eigenvalue weighted by atomic mass is 9.84. The van der Waals surface area contributed by atoms with Crippen LogP contribution in [0.1, 0.15) is 52.5 Å². The molecule has 1 unspecified atom stereocenters. The number of carbonyl (C=O) groups is 1. The van der Waals surface area contributed by atoms with Crippen molar-refractivity contribution in [2.45, 2.75) is 52.4 Å². The number of carbonyl (C=O) groups excluding carboxylic acids is 1. The molecule has 4 nitrogen and oxygen atoms in total. The Kier molecular flexibility index (Phi) is 7.20. The van der Waals surface area contributed by atoms with Gasteiger partial charge in [0, 0.05) is 17.9 Å². The molecule has 27 heavy (non-hydrogen) atoms. The second kappa shape index (κ2) is 8.83. The quantitative estimate of drug-likeness (QED) is 0.736. The molecule has 2 fully saturated rings. The van der Waals surface area contributed by atoms with E-state index in [2.05, 4.69) is 50.5 Å². The van der Waals surface area contributed by atoms with Gasteiger partial charge in [-0.3, -0.25) is 4.79 Å². The molecule has 152 valence electrons. The molecule has 1 aliphatic heterocycles. The molecule has 2 N–H and O–H groups in total. The van der Waals surface area contributed by atoms with E-state index in [1.165, 1.54) is 5.56 Å². The van der Waals surface area contributed by atoms with E-state index < -0.39 is 0 Å². The number of rotatable bonds is 7. The Hall–Kier alpha value is -1.26. The minimum absolute atomic E-state index is 0. The molecule has 1 heterocycles. The normalized spacial score (nSPS) is 20.9. The highest BCUT2D eigenvalue weighted by molar-refractivity contribution is 5.85. The summed E-state index contributed by atoms with van der Waals surface area (Å²) in [6.07, 6.45) is 3.36. The number of amides is 1. The van der Waals surface area contributed by atoms with Gasteiger partial charge in [-0.2, -0.15) is 0 Å². The van der Waals surface area contributed by atoms with Crippen LogP contribution in [-0.4, -0.2) is 32.1 Å². The van der Waals surface area contributed by atoms with Crippen molar-refractivity contribution in [3.05, 3.63) is 29.8 Å². The van der Waals surface area contributed by atoms with Gasteiger partial charge in [-0.15, -0.1) is 12.4 Å². The van der Waals surface area contributed by atoms with Crippen LogP contribution in [0, 0.1) is 17.3 Å². The predicted octanol–water partition coefficient (Wildman–Crippen LogP) is 3.93. The van der Waals surface area contributed by atoms with Crippen LogP contribution in [0.3, 0.4) is 0 Å². The van der Waals surface area contributed by atoms with Gasteiger partial charge in [-0.25, -0.2) is 0 Å². The summed E-state index contributed by atoms with van der Waals surface area (Å²) in [5.74, 6) is 1.91. The van der Waals surface area contributed by atoms with Crippen molar-refractivity contribution >= 4 is 18.3 Å². The van der Waals surface area contributed by atoms with Gasteiger partial charge in [0.25, 0.3) is 0 Å². The lowest BCUT2D eigenvalue weighted by molar-refractivity contribution is -0.123. The summed E-state index contributed by atoms with van der Waals surface area (Å²) < 4.78 is 5.76. The second-order valence-corrected chi connectivity index (χ2v) is 9.20. The third-order valence-electron chi connectivity index (χ3n) is 6.03. The van der Waals surface area contributed by atoms with Gasteiger partial charge in [0.1, 0.15) is 5.75 Å². The van der Waals surface area contributed by atoms with E-state index in [1.807, 2.05) is 12.1 Å². The van der Waals surface area contributed by atoms with Crippen LogP contribution in [0.25, 0.3) is 0 Å². The summed E-state index contributed by atoms with van der Waals surface area (Å²) in [7, 11) is 0. The number of hydrogen-bond acceptors (Lipinski definition) is 3. The lowest BCUT2D eigenvalue weighted by Gasteiger charge is -2.27. The predicted molar refractivity (Wildman–Crippen MR) is 113 cm³/mol. The Balaban J connectivity index is 0.00000261. The highest BCUT2D eigenvalue weighted by Gasteiger charge is 2.57. The molecule has 1 saturated heterocycles. The van der Waals surface area contributed by atoms with Gasteiger partial charge in [0.2, 0.25) is 5.91 Å². The Bertz CT molecular complexity index is 622. The molecule has 1 aliphatic carbocycles. The summed E-state index contributed by atoms with van der Waals surface area (Å²) in [5, 5.41) is 6.61. The van der Waals surface area contributed by atoms with Crippen LogP contribution >= 0.6 is 12.4 Å². The van der Waals surface area contributed by atoms with Crippen molar-refractivity contribution in [2.75, 3.05) is 26.2 Å². The summed E-state index contributed by atoms with van der Waals surface area (Å²) in [6, 6.07) is 8.30. The van der Waals surface area contributed by atoms with Crippen molar-refractivity contribution in [2.24, 2.45) is 17.3 Å². The van der Waals surface area contributed by atoms with E-state index in [-0.39, 0.29) is 29.6 Å². The van der Waals surface area contributed by atoms with E-state index in [4.69, 9.17) is 4.74 Å². The van der Waals surface area contributed by atoms with Crippen molar-refractivity contribution in [1.29, 1.82) is 0 Å². The first-order valence-electron chi connectivity index (χ1n) is 10.0. The fourth-order valence-electron chi connectivity index (χ4n) is 3.99. The Morgan fingerprint density at radius 3 is 2.48 bits per heavy atom. The minimum atomic E-state index is -0.0948. The second-order valence-electron chi connectivity index (χ2n) is 9.20. The Morgan fingerprint density at radius 1 is 1.26 bits per heavy atom. The first kappa shape index (κ1) is 22.0. The standard InChI is InChI=1S/C22H34N2O2.ClH/c1-16(2)14-26-18-7-5-17(6-8-18)21(3,4)15-24-20(25)19-13-22(19)9-11-23-12-10-22;/h5-8,16,19,23H,9-15H2,1-4H3,(H,24,25);1H. The van der Waals surface area contributed by atoms with E-state index in [0.29, 0.717) is 17.9 Å². The molecule has 1 saturated carbocycles. The van der Waals surface area contributed by atoms with Crippen molar-refractivity contribution in [3.8, 4) is 5.75 Å². The summed E-state index contributed by atoms with van der Waals surface area (Å²) in [6.45, 7) is 12.2. The molecule has 1 aromatic rings. The van der Waals surface area contributed by atoms with E-state index in [0.717, 1.165) is 44.7 Å². The Labute approximate surface area is 170 Å². The number of ether oxygens (including phenoxy) is 1. The van der Waals surface area contributed by atoms with E-state index >= 15 is 0 Å². The maximum Gasteiger partial charge on any atom is 0.223 e. The number of hydrogen-bond donors (Lipinski definition) is 2. The molecule has 1 amide bonds. The van der Waals surface area contributed by atoms with Crippen molar-refractivity contribution in [3.63, 3.8) is 0 Å². The smallest absolute Gasteiger partial charge is 0.223 e. The lowest BCUT2D eigenvalue weighted by Crippen LogP contribution is -2.39. The number of benzene rings is 1. The monoisotopic (exact) mass is 394 g/mol. The van der Waals surface area contributed by atoms with Gasteiger partial charge in [-0.05, 0) is 61.4 Å². The largest absolute Gasteiger partial charge is 0.493 e. The van der Waals surface area contributed by atoms with E-state index in [1.54, 1.807) is 0 Å². The number of halogens is 1.